The lowest BCUT2D eigenvalue weighted by molar-refractivity contribution is 0.0842. The number of hydrogen-bond donors (Lipinski definition) is 2. The molecule has 0 amide bonds. The van der Waals surface area contributed by atoms with Gasteiger partial charge in [-0.15, -0.1) is 0 Å². The van der Waals surface area contributed by atoms with Gasteiger partial charge < -0.3 is 9.52 Å². The van der Waals surface area contributed by atoms with Crippen LogP contribution in [0.15, 0.2) is 53.1 Å². The highest BCUT2D eigenvalue weighted by Gasteiger charge is 2.23. The van der Waals surface area contributed by atoms with Crippen molar-refractivity contribution in [2.24, 2.45) is 0 Å². The second-order valence-electron chi connectivity index (χ2n) is 5.62. The lowest BCUT2D eigenvalue weighted by atomic mass is 9.97. The summed E-state index contributed by atoms with van der Waals surface area (Å²) in [5, 5.41) is 17.1. The Morgan fingerprint density at radius 1 is 1.23 bits per heavy atom. The summed E-state index contributed by atoms with van der Waals surface area (Å²) in [4.78, 5) is 2.20. The van der Waals surface area contributed by atoms with E-state index in [4.69, 9.17) is 4.42 Å². The molecule has 1 aromatic carbocycles. The Kier molecular flexibility index (Phi) is 3.29. The molecule has 3 aromatic rings. The Labute approximate surface area is 128 Å². The van der Waals surface area contributed by atoms with E-state index in [1.165, 1.54) is 5.56 Å². The van der Waals surface area contributed by atoms with E-state index in [2.05, 4.69) is 21.2 Å². The molecule has 1 unspecified atom stereocenters. The van der Waals surface area contributed by atoms with Crippen LogP contribution in [0.4, 0.5) is 0 Å². The molecular formula is C17H17N3O2. The standard InChI is InChI=1S/C17H17N3O2/c21-16-11-20(9-12-3-1-2-4-14(12)16)10-13-5-6-17(22-13)15-7-8-18-19-15/h1-8,16,21H,9-11H2,(H,18,19). The SMILES string of the molecule is OC1CN(Cc2ccc(-c3ccn[nH]3)o2)Cc2ccccc21. The number of benzene rings is 1. The molecule has 1 atom stereocenters. The summed E-state index contributed by atoms with van der Waals surface area (Å²) < 4.78 is 5.86. The van der Waals surface area contributed by atoms with Crippen LogP contribution in [0, 0.1) is 0 Å². The monoisotopic (exact) mass is 295 g/mol. The fraction of sp³-hybridized carbons (Fsp3) is 0.235. The quantitative estimate of drug-likeness (QED) is 0.780. The van der Waals surface area contributed by atoms with Gasteiger partial charge in [-0.3, -0.25) is 10.00 Å². The third-order valence-corrected chi connectivity index (χ3v) is 4.05. The highest BCUT2D eigenvalue weighted by molar-refractivity contribution is 5.51. The molecule has 5 heteroatoms. The average molecular weight is 295 g/mol. The van der Waals surface area contributed by atoms with Crippen LogP contribution in [-0.4, -0.2) is 26.7 Å². The van der Waals surface area contributed by atoms with Gasteiger partial charge in [0.05, 0.1) is 12.6 Å². The smallest absolute Gasteiger partial charge is 0.152 e. The number of nitrogens with one attached hydrogen (secondary N) is 1. The Morgan fingerprint density at radius 2 is 2.14 bits per heavy atom. The molecule has 1 aliphatic heterocycles. The van der Waals surface area contributed by atoms with Crippen molar-refractivity contribution >= 4 is 0 Å². The van der Waals surface area contributed by atoms with Crippen molar-refractivity contribution < 1.29 is 9.52 Å². The van der Waals surface area contributed by atoms with E-state index >= 15 is 0 Å². The number of hydrogen-bond acceptors (Lipinski definition) is 4. The number of aliphatic hydroxyl groups is 1. The van der Waals surface area contributed by atoms with Crippen molar-refractivity contribution in [1.82, 2.24) is 15.1 Å². The van der Waals surface area contributed by atoms with Gasteiger partial charge in [-0.05, 0) is 29.3 Å². The number of aliphatic hydroxyl groups excluding tert-OH is 1. The van der Waals surface area contributed by atoms with E-state index in [9.17, 15) is 5.11 Å². The van der Waals surface area contributed by atoms with Crippen LogP contribution in [0.25, 0.3) is 11.5 Å². The van der Waals surface area contributed by atoms with Crippen LogP contribution < -0.4 is 0 Å². The van der Waals surface area contributed by atoms with Crippen LogP contribution in [0.2, 0.25) is 0 Å². The molecule has 22 heavy (non-hydrogen) atoms. The van der Waals surface area contributed by atoms with Crippen molar-refractivity contribution in [2.45, 2.75) is 19.2 Å². The molecule has 1 aliphatic rings. The summed E-state index contributed by atoms with van der Waals surface area (Å²) in [7, 11) is 0. The number of fused-ring (bicyclic) bond motifs is 1. The van der Waals surface area contributed by atoms with Gasteiger partial charge in [-0.1, -0.05) is 24.3 Å². The Hall–Kier alpha value is -2.37. The van der Waals surface area contributed by atoms with Crippen molar-refractivity contribution in [3.05, 3.63) is 65.5 Å². The van der Waals surface area contributed by atoms with Crippen LogP contribution in [0.3, 0.4) is 0 Å². The maximum absolute atomic E-state index is 10.3. The largest absolute Gasteiger partial charge is 0.458 e. The van der Waals surface area contributed by atoms with E-state index < -0.39 is 6.10 Å². The van der Waals surface area contributed by atoms with Gasteiger partial charge in [0.15, 0.2) is 5.76 Å². The molecule has 0 bridgehead atoms. The number of aromatic nitrogens is 2. The lowest BCUT2D eigenvalue weighted by Gasteiger charge is -2.31. The van der Waals surface area contributed by atoms with E-state index in [0.717, 1.165) is 29.3 Å². The predicted molar refractivity (Wildman–Crippen MR) is 81.8 cm³/mol. The first-order chi connectivity index (χ1) is 10.8. The summed E-state index contributed by atoms with van der Waals surface area (Å²) in [5.74, 6) is 1.67. The van der Waals surface area contributed by atoms with Gasteiger partial charge in [0.1, 0.15) is 11.5 Å². The molecule has 5 nitrogen and oxygen atoms in total. The molecule has 0 fully saturated rings. The highest BCUT2D eigenvalue weighted by atomic mass is 16.3. The molecule has 0 saturated heterocycles. The van der Waals surface area contributed by atoms with Crippen LogP contribution in [-0.2, 0) is 13.1 Å². The minimum absolute atomic E-state index is 0.438. The summed E-state index contributed by atoms with van der Waals surface area (Å²) in [6.45, 7) is 2.13. The topological polar surface area (TPSA) is 65.3 Å². The second-order valence-corrected chi connectivity index (χ2v) is 5.62. The lowest BCUT2D eigenvalue weighted by Crippen LogP contribution is -2.32. The van der Waals surface area contributed by atoms with Gasteiger partial charge in [-0.2, -0.15) is 5.10 Å². The van der Waals surface area contributed by atoms with E-state index in [0.29, 0.717) is 13.1 Å². The summed E-state index contributed by atoms with van der Waals surface area (Å²) in [6.07, 6.45) is 1.27. The van der Waals surface area contributed by atoms with Crippen molar-refractivity contribution in [2.75, 3.05) is 6.54 Å². The third kappa shape index (κ3) is 2.45. The molecule has 2 aromatic heterocycles. The fourth-order valence-corrected chi connectivity index (χ4v) is 2.99. The van der Waals surface area contributed by atoms with Gasteiger partial charge >= 0.3 is 0 Å². The van der Waals surface area contributed by atoms with Gasteiger partial charge in [0.25, 0.3) is 0 Å². The molecule has 0 spiro atoms. The Bertz CT molecular complexity index is 764. The van der Waals surface area contributed by atoms with E-state index in [1.54, 1.807) is 6.20 Å². The molecule has 4 rings (SSSR count). The maximum Gasteiger partial charge on any atom is 0.152 e. The number of H-pyrrole nitrogens is 1. The minimum Gasteiger partial charge on any atom is -0.458 e. The first-order valence-corrected chi connectivity index (χ1v) is 7.36. The predicted octanol–water partition coefficient (Wildman–Crippen LogP) is 2.72. The van der Waals surface area contributed by atoms with E-state index in [1.807, 2.05) is 36.4 Å². The maximum atomic E-state index is 10.3. The molecular weight excluding hydrogens is 278 g/mol. The molecule has 112 valence electrons. The summed E-state index contributed by atoms with van der Waals surface area (Å²) in [5.41, 5.74) is 3.09. The van der Waals surface area contributed by atoms with Crippen molar-refractivity contribution in [3.63, 3.8) is 0 Å². The van der Waals surface area contributed by atoms with Crippen molar-refractivity contribution in [3.8, 4) is 11.5 Å². The zero-order chi connectivity index (χ0) is 14.9. The molecule has 0 radical (unpaired) electrons. The van der Waals surface area contributed by atoms with Gasteiger partial charge in [0, 0.05) is 19.3 Å². The number of furan rings is 1. The normalized spacial score (nSPS) is 18.3. The molecule has 0 aliphatic carbocycles. The van der Waals surface area contributed by atoms with Gasteiger partial charge in [-0.25, -0.2) is 0 Å². The van der Waals surface area contributed by atoms with Crippen LogP contribution >= 0.6 is 0 Å². The first-order valence-electron chi connectivity index (χ1n) is 7.36. The second kappa shape index (κ2) is 5.44. The van der Waals surface area contributed by atoms with Crippen molar-refractivity contribution in [1.29, 1.82) is 0 Å². The fourth-order valence-electron chi connectivity index (χ4n) is 2.99. The number of aromatic amines is 1. The number of β-amino-alcohol motifs (C(OH)–C–C–N with tert-alkyl or cyclic N) is 1. The Balaban J connectivity index is 1.51. The average Bonchev–Trinajstić information content (AvgIpc) is 3.18. The highest BCUT2D eigenvalue weighted by Crippen LogP contribution is 2.28. The zero-order valence-corrected chi connectivity index (χ0v) is 12.1. The Morgan fingerprint density at radius 3 is 3.00 bits per heavy atom. The zero-order valence-electron chi connectivity index (χ0n) is 12.1. The van der Waals surface area contributed by atoms with E-state index in [-0.39, 0.29) is 0 Å². The number of rotatable bonds is 3. The molecule has 2 N–H and O–H groups in total. The van der Waals surface area contributed by atoms with Crippen LogP contribution in [0.1, 0.15) is 23.0 Å². The molecule has 0 saturated carbocycles. The molecule has 3 heterocycles. The summed E-state index contributed by atoms with van der Waals surface area (Å²) in [6, 6.07) is 13.9. The first kappa shape index (κ1) is 13.3. The minimum atomic E-state index is -0.438. The van der Waals surface area contributed by atoms with Gasteiger partial charge in [0.2, 0.25) is 0 Å². The summed E-state index contributed by atoms with van der Waals surface area (Å²) >= 11 is 0. The number of nitrogens with zero attached hydrogens (tertiary/aromatic N) is 2. The third-order valence-electron chi connectivity index (χ3n) is 4.05. The van der Waals surface area contributed by atoms with Crippen LogP contribution in [0.5, 0.6) is 0 Å².